The van der Waals surface area contributed by atoms with Crippen LogP contribution in [-0.4, -0.2) is 118 Å². The third-order valence-electron chi connectivity index (χ3n) is 15.4. The summed E-state index contributed by atoms with van der Waals surface area (Å²) in [5.74, 6) is -2.26. The second-order valence-electron chi connectivity index (χ2n) is 23.0. The molecule has 0 unspecified atom stereocenters. The number of phenolic OH excluding ortho intramolecular Hbond substituents is 4. The van der Waals surface area contributed by atoms with E-state index in [1.165, 1.54) is 146 Å². The minimum absolute atomic E-state index is 0. The summed E-state index contributed by atoms with van der Waals surface area (Å²) in [6.45, 7) is 0. The van der Waals surface area contributed by atoms with Gasteiger partial charge in [0.15, 0.2) is 0 Å². The molecule has 0 saturated heterocycles. The van der Waals surface area contributed by atoms with Gasteiger partial charge in [-0.1, -0.05) is 48.5 Å². The second-order valence-corrected chi connectivity index (χ2v) is 35.3. The molecule has 46 heteroatoms. The third-order valence-corrected chi connectivity index (χ3v) is 24.2. The molecule has 0 fully saturated rings. The molecular formula is C66H48N8Na4O26S8. The van der Waals surface area contributed by atoms with Gasteiger partial charge in [0.2, 0.25) is 0 Å². The van der Waals surface area contributed by atoms with Crippen molar-refractivity contribution in [1.82, 2.24) is 0 Å². The number of nitrogens with one attached hydrogen (secondary N) is 8. The molecule has 0 aromatic heterocycles. The summed E-state index contributed by atoms with van der Waals surface area (Å²) in [7, 11) is -36.6. The van der Waals surface area contributed by atoms with Crippen molar-refractivity contribution in [3.05, 3.63) is 218 Å². The summed E-state index contributed by atoms with van der Waals surface area (Å²) in [6, 6.07) is 41.2. The number of urea groups is 2. The van der Waals surface area contributed by atoms with Gasteiger partial charge in [0.25, 0.3) is 40.1 Å². The number of benzene rings is 12. The fourth-order valence-corrected chi connectivity index (χ4v) is 17.0. The molecule has 560 valence electrons. The van der Waals surface area contributed by atoms with Crippen molar-refractivity contribution in [2.75, 3.05) is 40.2 Å². The van der Waals surface area contributed by atoms with E-state index in [0.717, 1.165) is 72.8 Å². The molecule has 0 saturated carbocycles. The van der Waals surface area contributed by atoms with Crippen LogP contribution in [0.3, 0.4) is 0 Å². The molecule has 0 aliphatic heterocycles. The van der Waals surface area contributed by atoms with Crippen molar-refractivity contribution in [2.24, 2.45) is 0 Å². The first-order valence-electron chi connectivity index (χ1n) is 29.9. The van der Waals surface area contributed by atoms with E-state index in [1.54, 1.807) is 0 Å². The summed E-state index contributed by atoms with van der Waals surface area (Å²) in [6.07, 6.45) is 0. The van der Waals surface area contributed by atoms with Crippen LogP contribution in [0.25, 0.3) is 43.1 Å². The summed E-state index contributed by atoms with van der Waals surface area (Å²) >= 11 is 0. The number of rotatable bonds is 20. The third kappa shape index (κ3) is 22.3. The first-order valence-corrected chi connectivity index (χ1v) is 41.5. The van der Waals surface area contributed by atoms with Gasteiger partial charge in [-0.25, -0.2) is 76.9 Å². The fraction of sp³-hybridized carbons (Fsp3) is 0. The van der Waals surface area contributed by atoms with E-state index >= 15 is 0 Å². The van der Waals surface area contributed by atoms with Gasteiger partial charge in [-0.05, 0) is 191 Å². The quantitative estimate of drug-likeness (QED) is 0.0266. The van der Waals surface area contributed by atoms with Gasteiger partial charge in [0, 0.05) is 67.0 Å². The Labute approximate surface area is 726 Å². The smallest absolute Gasteiger partial charge is 0.744 e. The SMILES string of the molecule is O=C(Nc1cccc(S(=O)(=O)Nc2ccc3cc(S(=O)(=O)[O-])cc(O)c3c2)c1)Nc1cccc(S(=O)(=O)Nc2ccc3cc(S(=O)(=O)[O-])cc(O)c3c2)c1.O=C(Nc1cccc(S(=O)(=O)Nc2ccc3cc(S(=O)(=O)[O-])cc(O)c3c2)c1)Nc1cccc(S(=O)(=O)Nc2ccc3cc(S(=O)(=O)[O-])cc(O)c3c2)c1.[Na+].[Na+].[Na+].[Na+]. The summed E-state index contributed by atoms with van der Waals surface area (Å²) in [5.41, 5.74) is 0.0726. The van der Waals surface area contributed by atoms with Gasteiger partial charge in [-0.15, -0.1) is 0 Å². The molecule has 0 atom stereocenters. The number of carbonyl (C=O) groups excluding carboxylic acids is 2. The Morgan fingerprint density at radius 2 is 0.420 bits per heavy atom. The number of fused-ring (bicyclic) bond motifs is 4. The van der Waals surface area contributed by atoms with Crippen LogP contribution in [0.15, 0.2) is 258 Å². The van der Waals surface area contributed by atoms with Gasteiger partial charge in [-0.2, -0.15) is 0 Å². The molecule has 12 N–H and O–H groups in total. The van der Waals surface area contributed by atoms with Gasteiger partial charge in [0.05, 0.1) is 39.2 Å². The monoisotopic (exact) mass is 1720 g/mol. The summed E-state index contributed by atoms with van der Waals surface area (Å²) in [5, 5.41) is 51.8. The number of hydrogen-bond acceptors (Lipinski definition) is 26. The first kappa shape index (κ1) is 91.2. The molecule has 112 heavy (non-hydrogen) atoms. The Bertz CT molecular complexity index is 5980. The van der Waals surface area contributed by atoms with Crippen molar-refractivity contribution in [3.63, 3.8) is 0 Å². The number of anilines is 8. The van der Waals surface area contributed by atoms with E-state index in [0.29, 0.717) is 0 Å². The number of hydrogen-bond donors (Lipinski definition) is 12. The molecule has 12 rings (SSSR count). The maximum Gasteiger partial charge on any atom is 1.00 e. The molecule has 4 amide bonds. The van der Waals surface area contributed by atoms with Crippen LogP contribution in [0, 0.1) is 0 Å². The van der Waals surface area contributed by atoms with Crippen molar-refractivity contribution in [2.45, 2.75) is 39.2 Å². The van der Waals surface area contributed by atoms with Gasteiger partial charge < -0.3 is 59.9 Å². The standard InChI is InChI=1S/2C33H26N4O13S4.4Na/c2*38-31-17-27(53(45,46)47)11-19-7-9-23(15-29(19)31)36-51(41,42)25-5-1-3-21(13-25)34-33(40)35-22-4-2-6-26(14-22)52(43,44)37-24-10-8-20-12-28(54(48,49)50)18-32(39)30(20)16-24;;;;/h2*1-18,36-39H,(H2,34,35,40)(H,45,46,47)(H,48,49,50);;;;/q;;4*+1/p-4. The average Bonchev–Trinajstić information content (AvgIpc) is 0.796. The molecule has 0 heterocycles. The molecular weight excluding hydrogens is 1670 g/mol. The van der Waals surface area contributed by atoms with E-state index in [-0.39, 0.29) is 226 Å². The summed E-state index contributed by atoms with van der Waals surface area (Å²) < 4.78 is 251. The number of phenols is 4. The predicted octanol–water partition coefficient (Wildman–Crippen LogP) is -3.07. The van der Waals surface area contributed by atoms with Gasteiger partial charge in [0.1, 0.15) is 63.5 Å². The van der Waals surface area contributed by atoms with E-state index in [4.69, 9.17) is 0 Å². The van der Waals surface area contributed by atoms with Crippen molar-refractivity contribution < 1.29 is 234 Å². The normalized spacial score (nSPS) is 11.9. The second kappa shape index (κ2) is 35.4. The minimum Gasteiger partial charge on any atom is -0.744 e. The minimum atomic E-state index is -4.86. The van der Waals surface area contributed by atoms with Gasteiger partial charge >= 0.3 is 130 Å². The molecule has 0 bridgehead atoms. The number of carbonyl (C=O) groups is 2. The maximum absolute atomic E-state index is 13.2. The molecule has 0 aliphatic carbocycles. The Kier molecular flexibility index (Phi) is 28.9. The number of aromatic hydroxyl groups is 4. The van der Waals surface area contributed by atoms with Crippen LogP contribution < -0.4 is 158 Å². The van der Waals surface area contributed by atoms with Crippen LogP contribution in [0.2, 0.25) is 0 Å². The Hall–Kier alpha value is -7.94. The van der Waals surface area contributed by atoms with E-state index in [1.807, 2.05) is 0 Å². The molecule has 34 nitrogen and oxygen atoms in total. The maximum atomic E-state index is 13.2. The first-order chi connectivity index (χ1) is 50.3. The Morgan fingerprint density at radius 1 is 0.232 bits per heavy atom. The zero-order valence-electron chi connectivity index (χ0n) is 57.8. The topological polar surface area (TPSA) is 577 Å². The Balaban J connectivity index is 0.000000300. The zero-order valence-corrected chi connectivity index (χ0v) is 72.4. The van der Waals surface area contributed by atoms with Gasteiger partial charge in [-0.3, -0.25) is 18.9 Å². The van der Waals surface area contributed by atoms with Crippen molar-refractivity contribution in [3.8, 4) is 23.0 Å². The Morgan fingerprint density at radius 3 is 0.598 bits per heavy atom. The number of amides is 4. The van der Waals surface area contributed by atoms with E-state index < -0.39 is 135 Å². The largest absolute Gasteiger partial charge is 1.00 e. The predicted molar refractivity (Wildman–Crippen MR) is 389 cm³/mol. The zero-order chi connectivity index (χ0) is 78.4. The van der Waals surface area contributed by atoms with E-state index in [2.05, 4.69) is 40.2 Å². The molecule has 0 radical (unpaired) electrons. The molecule has 12 aromatic rings. The molecule has 0 aliphatic rings. The van der Waals surface area contributed by atoms with Crippen LogP contribution >= 0.6 is 0 Å². The molecule has 0 spiro atoms. The molecule has 12 aromatic carbocycles. The number of sulfonamides is 4. The van der Waals surface area contributed by atoms with E-state index in [9.17, 15) is 116 Å². The van der Waals surface area contributed by atoms with Crippen LogP contribution in [0.5, 0.6) is 23.0 Å². The summed E-state index contributed by atoms with van der Waals surface area (Å²) in [4.78, 5) is 21.9. The van der Waals surface area contributed by atoms with Crippen LogP contribution in [-0.2, 0) is 80.6 Å². The van der Waals surface area contributed by atoms with Crippen molar-refractivity contribution >= 4 is 181 Å². The average molecular weight is 1720 g/mol. The fourth-order valence-electron chi connectivity index (χ4n) is 10.5. The van der Waals surface area contributed by atoms with Crippen LogP contribution in [0.4, 0.5) is 55.1 Å². The van der Waals surface area contributed by atoms with Crippen LogP contribution in [0.1, 0.15) is 0 Å². The van der Waals surface area contributed by atoms with Crippen molar-refractivity contribution in [1.29, 1.82) is 0 Å².